The first kappa shape index (κ1) is 13.2. The van der Waals surface area contributed by atoms with Crippen LogP contribution in [0.25, 0.3) is 0 Å². The zero-order valence-electron chi connectivity index (χ0n) is 10.2. The number of nitrogens with one attached hydrogen (secondary N) is 1. The van der Waals surface area contributed by atoms with Crippen LogP contribution in [0, 0.1) is 0 Å². The molecule has 1 N–H and O–H groups in total. The molecule has 3 heteroatoms. The summed E-state index contributed by atoms with van der Waals surface area (Å²) in [5.41, 5.74) is 1.18. The first-order chi connectivity index (χ1) is 8.15. The van der Waals surface area contributed by atoms with Crippen molar-refractivity contribution in [1.82, 2.24) is 5.32 Å². The van der Waals surface area contributed by atoms with Crippen molar-refractivity contribution in [1.29, 1.82) is 0 Å². The van der Waals surface area contributed by atoms with Crippen LogP contribution in [0.2, 0.25) is 10.0 Å². The van der Waals surface area contributed by atoms with Gasteiger partial charge in [-0.1, -0.05) is 42.1 Å². The van der Waals surface area contributed by atoms with Crippen LogP contribution in [-0.2, 0) is 6.42 Å². The molecular formula is C14H19Cl2N. The van der Waals surface area contributed by atoms with E-state index in [1.54, 1.807) is 0 Å². The minimum absolute atomic E-state index is 0.469. The van der Waals surface area contributed by atoms with E-state index in [4.69, 9.17) is 23.2 Å². The highest BCUT2D eigenvalue weighted by Crippen LogP contribution is 2.23. The molecule has 0 radical (unpaired) electrons. The Balaban J connectivity index is 1.90. The van der Waals surface area contributed by atoms with Crippen molar-refractivity contribution < 1.29 is 0 Å². The highest BCUT2D eigenvalue weighted by atomic mass is 35.5. The van der Waals surface area contributed by atoms with Gasteiger partial charge in [-0.3, -0.25) is 0 Å². The summed E-state index contributed by atoms with van der Waals surface area (Å²) in [5, 5.41) is 5.16. The van der Waals surface area contributed by atoms with Crippen LogP contribution < -0.4 is 5.32 Å². The lowest BCUT2D eigenvalue weighted by molar-refractivity contribution is 0.448. The molecule has 0 heterocycles. The molecule has 1 saturated carbocycles. The minimum Gasteiger partial charge on any atom is -0.311 e. The van der Waals surface area contributed by atoms with Crippen LogP contribution in [0.4, 0.5) is 0 Å². The van der Waals surface area contributed by atoms with E-state index in [1.165, 1.54) is 31.2 Å². The molecule has 0 aliphatic heterocycles. The van der Waals surface area contributed by atoms with Gasteiger partial charge in [0, 0.05) is 22.1 Å². The van der Waals surface area contributed by atoms with Gasteiger partial charge in [0.1, 0.15) is 0 Å². The second-order valence-corrected chi connectivity index (χ2v) is 5.83. The Bertz CT molecular complexity index is 372. The third-order valence-electron chi connectivity index (χ3n) is 3.42. The van der Waals surface area contributed by atoms with Crippen LogP contribution in [-0.4, -0.2) is 12.1 Å². The fourth-order valence-corrected chi connectivity index (χ4v) is 3.06. The first-order valence-electron chi connectivity index (χ1n) is 6.35. The zero-order valence-corrected chi connectivity index (χ0v) is 11.7. The van der Waals surface area contributed by atoms with Crippen molar-refractivity contribution in [2.45, 2.75) is 51.1 Å². The summed E-state index contributed by atoms with van der Waals surface area (Å²) in [6.45, 7) is 2.23. The van der Waals surface area contributed by atoms with Crippen molar-refractivity contribution in [3.8, 4) is 0 Å². The van der Waals surface area contributed by atoms with Gasteiger partial charge in [0.05, 0.1) is 0 Å². The standard InChI is InChI=1S/C14H19Cl2N/c1-10(17-13-4-2-3-5-13)8-11-6-7-12(15)9-14(11)16/h6-7,9-10,13,17H,2-5,8H2,1H3. The molecule has 1 aromatic rings. The second-order valence-electron chi connectivity index (χ2n) is 4.99. The molecule has 0 saturated heterocycles. The van der Waals surface area contributed by atoms with Gasteiger partial charge in [-0.05, 0) is 43.9 Å². The van der Waals surface area contributed by atoms with E-state index in [-0.39, 0.29) is 0 Å². The average molecular weight is 272 g/mol. The minimum atomic E-state index is 0.469. The number of hydrogen-bond acceptors (Lipinski definition) is 1. The fourth-order valence-electron chi connectivity index (χ4n) is 2.57. The topological polar surface area (TPSA) is 12.0 Å². The SMILES string of the molecule is CC(Cc1ccc(Cl)cc1Cl)NC1CCCC1. The third kappa shape index (κ3) is 3.87. The normalized spacial score (nSPS) is 18.5. The van der Waals surface area contributed by atoms with Crippen molar-refractivity contribution in [2.75, 3.05) is 0 Å². The van der Waals surface area contributed by atoms with Crippen molar-refractivity contribution >= 4 is 23.2 Å². The maximum Gasteiger partial charge on any atom is 0.0453 e. The van der Waals surface area contributed by atoms with Gasteiger partial charge >= 0.3 is 0 Å². The Labute approximate surface area is 114 Å². The molecule has 1 aliphatic rings. The lowest BCUT2D eigenvalue weighted by Gasteiger charge is -2.19. The zero-order chi connectivity index (χ0) is 12.3. The number of benzene rings is 1. The average Bonchev–Trinajstić information content (AvgIpc) is 2.75. The molecule has 1 aromatic carbocycles. The Morgan fingerprint density at radius 2 is 2.00 bits per heavy atom. The molecule has 0 spiro atoms. The van der Waals surface area contributed by atoms with Gasteiger partial charge in [-0.15, -0.1) is 0 Å². The fraction of sp³-hybridized carbons (Fsp3) is 0.571. The van der Waals surface area contributed by atoms with E-state index in [9.17, 15) is 0 Å². The van der Waals surface area contributed by atoms with Gasteiger partial charge < -0.3 is 5.32 Å². The van der Waals surface area contributed by atoms with Crippen LogP contribution in [0.5, 0.6) is 0 Å². The summed E-state index contributed by atoms with van der Waals surface area (Å²) < 4.78 is 0. The summed E-state index contributed by atoms with van der Waals surface area (Å²) in [6.07, 6.45) is 6.34. The molecule has 0 bridgehead atoms. The van der Waals surface area contributed by atoms with Crippen LogP contribution >= 0.6 is 23.2 Å². The molecule has 17 heavy (non-hydrogen) atoms. The molecule has 94 valence electrons. The predicted octanol–water partition coefficient (Wildman–Crippen LogP) is 4.46. The van der Waals surface area contributed by atoms with E-state index in [0.717, 1.165) is 11.4 Å². The van der Waals surface area contributed by atoms with Gasteiger partial charge in [0.2, 0.25) is 0 Å². The monoisotopic (exact) mass is 271 g/mol. The molecular weight excluding hydrogens is 253 g/mol. The Kier molecular flexibility index (Phi) is 4.72. The molecule has 1 aliphatic carbocycles. The number of halogens is 2. The molecule has 1 atom stereocenters. The van der Waals surface area contributed by atoms with Crippen LogP contribution in [0.3, 0.4) is 0 Å². The summed E-state index contributed by atoms with van der Waals surface area (Å²) in [4.78, 5) is 0. The maximum absolute atomic E-state index is 6.18. The van der Waals surface area contributed by atoms with E-state index in [1.807, 2.05) is 18.2 Å². The van der Waals surface area contributed by atoms with Gasteiger partial charge in [-0.2, -0.15) is 0 Å². The summed E-state index contributed by atoms with van der Waals surface area (Å²) >= 11 is 12.1. The summed E-state index contributed by atoms with van der Waals surface area (Å²) in [6, 6.07) is 6.93. The van der Waals surface area contributed by atoms with Crippen molar-refractivity contribution in [2.24, 2.45) is 0 Å². The third-order valence-corrected chi connectivity index (χ3v) is 4.00. The molecule has 1 nitrogen and oxygen atoms in total. The maximum atomic E-state index is 6.18. The predicted molar refractivity (Wildman–Crippen MR) is 75.0 cm³/mol. The number of hydrogen-bond donors (Lipinski definition) is 1. The van der Waals surface area contributed by atoms with Gasteiger partial charge in [0.25, 0.3) is 0 Å². The highest BCUT2D eigenvalue weighted by molar-refractivity contribution is 6.35. The Morgan fingerprint density at radius 1 is 1.29 bits per heavy atom. The molecule has 0 aromatic heterocycles. The van der Waals surface area contributed by atoms with E-state index >= 15 is 0 Å². The second kappa shape index (κ2) is 6.08. The smallest absolute Gasteiger partial charge is 0.0453 e. The first-order valence-corrected chi connectivity index (χ1v) is 7.10. The Morgan fingerprint density at radius 3 is 2.65 bits per heavy atom. The quantitative estimate of drug-likeness (QED) is 0.853. The van der Waals surface area contributed by atoms with Crippen molar-refractivity contribution in [3.63, 3.8) is 0 Å². The van der Waals surface area contributed by atoms with Gasteiger partial charge in [0.15, 0.2) is 0 Å². The van der Waals surface area contributed by atoms with Crippen molar-refractivity contribution in [3.05, 3.63) is 33.8 Å². The summed E-state index contributed by atoms with van der Waals surface area (Å²) in [7, 11) is 0. The van der Waals surface area contributed by atoms with E-state index < -0.39 is 0 Å². The van der Waals surface area contributed by atoms with Gasteiger partial charge in [-0.25, -0.2) is 0 Å². The molecule has 1 fully saturated rings. The van der Waals surface area contributed by atoms with Crippen LogP contribution in [0.15, 0.2) is 18.2 Å². The summed E-state index contributed by atoms with van der Waals surface area (Å²) in [5.74, 6) is 0. The van der Waals surface area contributed by atoms with Crippen LogP contribution in [0.1, 0.15) is 38.2 Å². The lowest BCUT2D eigenvalue weighted by Crippen LogP contribution is -2.35. The lowest BCUT2D eigenvalue weighted by atomic mass is 10.1. The molecule has 1 unspecified atom stereocenters. The number of rotatable bonds is 4. The van der Waals surface area contributed by atoms with E-state index in [0.29, 0.717) is 17.1 Å². The highest BCUT2D eigenvalue weighted by Gasteiger charge is 2.17. The molecule has 0 amide bonds. The largest absolute Gasteiger partial charge is 0.311 e. The molecule has 2 rings (SSSR count). The van der Waals surface area contributed by atoms with E-state index in [2.05, 4.69) is 12.2 Å². The Hall–Kier alpha value is -0.240.